The Bertz CT molecular complexity index is 870. The van der Waals surface area contributed by atoms with Gasteiger partial charge in [-0.15, -0.1) is 0 Å². The zero-order valence-corrected chi connectivity index (χ0v) is 18.6. The highest BCUT2D eigenvalue weighted by Crippen LogP contribution is 2.62. The minimum atomic E-state index is -1.20. The number of hydrogen-bond donors (Lipinski definition) is 3. The maximum Gasteiger partial charge on any atom is 0.408 e. The Balaban J connectivity index is 1.53. The number of carbonyl (C=O) groups excluding carboxylic acids is 2. The molecular weight excluding hydrogens is 412 g/mol. The minimum absolute atomic E-state index is 0.251. The van der Waals surface area contributed by atoms with Crippen LogP contribution in [-0.2, 0) is 9.59 Å². The summed E-state index contributed by atoms with van der Waals surface area (Å²) in [5.74, 6) is -1.28. The second-order valence-electron chi connectivity index (χ2n) is 9.71. The minimum Gasteiger partial charge on any atom is -0.465 e. The molecule has 1 aromatic carbocycles. The first-order valence-corrected chi connectivity index (χ1v) is 11.3. The van der Waals surface area contributed by atoms with E-state index in [1.807, 2.05) is 30.3 Å². The van der Waals surface area contributed by atoms with Crippen molar-refractivity contribution in [3.05, 3.63) is 30.3 Å². The van der Waals surface area contributed by atoms with E-state index in [2.05, 4.69) is 18.7 Å². The van der Waals surface area contributed by atoms with Gasteiger partial charge in [0.15, 0.2) is 0 Å². The molecule has 0 radical (unpaired) electrons. The van der Waals surface area contributed by atoms with Crippen LogP contribution >= 0.6 is 0 Å². The lowest BCUT2D eigenvalue weighted by Gasteiger charge is -2.45. The van der Waals surface area contributed by atoms with Crippen LogP contribution in [0.4, 0.5) is 10.5 Å². The molecule has 2 aliphatic heterocycles. The Labute approximate surface area is 187 Å². The maximum absolute atomic E-state index is 13.5. The van der Waals surface area contributed by atoms with Gasteiger partial charge in [0.05, 0.1) is 5.92 Å². The van der Waals surface area contributed by atoms with Gasteiger partial charge in [-0.25, -0.2) is 10.3 Å². The molecule has 2 heterocycles. The zero-order valence-electron chi connectivity index (χ0n) is 18.6. The summed E-state index contributed by atoms with van der Waals surface area (Å²) in [4.78, 5) is 43.3. The van der Waals surface area contributed by atoms with E-state index in [1.54, 1.807) is 10.4 Å². The van der Waals surface area contributed by atoms with Gasteiger partial charge in [-0.3, -0.25) is 19.7 Å². The highest BCUT2D eigenvalue weighted by molar-refractivity contribution is 5.92. The molecule has 9 heteroatoms. The number of anilines is 1. The van der Waals surface area contributed by atoms with Crippen molar-refractivity contribution in [3.63, 3.8) is 0 Å². The van der Waals surface area contributed by atoms with Crippen molar-refractivity contribution < 1.29 is 24.7 Å². The van der Waals surface area contributed by atoms with Crippen molar-refractivity contribution in [2.24, 2.45) is 23.2 Å². The van der Waals surface area contributed by atoms with Crippen molar-refractivity contribution >= 4 is 23.6 Å². The summed E-state index contributed by atoms with van der Waals surface area (Å²) in [6.07, 6.45) is 0.0442. The first-order valence-electron chi connectivity index (χ1n) is 11.3. The highest BCUT2D eigenvalue weighted by atomic mass is 16.5. The number of para-hydroxylation sites is 1. The van der Waals surface area contributed by atoms with Crippen LogP contribution in [-0.4, -0.2) is 76.8 Å². The molecule has 1 spiro atoms. The normalized spacial score (nSPS) is 29.9. The van der Waals surface area contributed by atoms with Crippen LogP contribution in [0.25, 0.3) is 0 Å². The van der Waals surface area contributed by atoms with E-state index < -0.39 is 24.0 Å². The SMILES string of the molecule is CC(C)C1CC12C[C@H](C(=O)NO)[C@@H](C(=O)N1CCN(c3ccccc3)CC1)N(C(=O)O)C2. The van der Waals surface area contributed by atoms with Gasteiger partial charge in [-0.2, -0.15) is 0 Å². The third-order valence-corrected chi connectivity index (χ3v) is 7.54. The Hall–Kier alpha value is -2.81. The first kappa shape index (κ1) is 22.4. The monoisotopic (exact) mass is 444 g/mol. The Kier molecular flexibility index (Phi) is 6.03. The number of nitrogens with zero attached hydrogens (tertiary/aromatic N) is 3. The van der Waals surface area contributed by atoms with Crippen LogP contribution in [0.2, 0.25) is 0 Å². The third-order valence-electron chi connectivity index (χ3n) is 7.54. The molecule has 1 aliphatic carbocycles. The van der Waals surface area contributed by atoms with Gasteiger partial charge < -0.3 is 14.9 Å². The first-order chi connectivity index (χ1) is 15.3. The molecule has 2 unspecified atom stereocenters. The van der Waals surface area contributed by atoms with Gasteiger partial charge in [-0.1, -0.05) is 32.0 Å². The van der Waals surface area contributed by atoms with E-state index in [9.17, 15) is 24.7 Å². The standard InChI is InChI=1S/C23H32N4O5/c1-15(2)18-13-23(18)12-17(20(28)24-32)19(27(14-23)22(30)31)21(29)26-10-8-25(9-11-26)16-6-4-3-5-7-16/h3-7,15,17-19,32H,8-14H2,1-2H3,(H,24,28)(H,30,31)/t17-,18?,19-,23?/m0/s1. The molecule has 3 fully saturated rings. The topological polar surface area (TPSA) is 113 Å². The van der Waals surface area contributed by atoms with Crippen LogP contribution in [0.3, 0.4) is 0 Å². The van der Waals surface area contributed by atoms with Gasteiger partial charge in [0.1, 0.15) is 6.04 Å². The number of hydroxylamine groups is 1. The summed E-state index contributed by atoms with van der Waals surface area (Å²) < 4.78 is 0. The molecule has 0 aromatic heterocycles. The molecule has 1 aromatic rings. The largest absolute Gasteiger partial charge is 0.465 e. The quantitative estimate of drug-likeness (QED) is 0.483. The van der Waals surface area contributed by atoms with Gasteiger partial charge in [-0.05, 0) is 42.2 Å². The molecular formula is C23H32N4O5. The molecule has 174 valence electrons. The number of piperazine rings is 1. The fourth-order valence-corrected chi connectivity index (χ4v) is 5.83. The van der Waals surface area contributed by atoms with Gasteiger partial charge in [0.25, 0.3) is 0 Å². The van der Waals surface area contributed by atoms with Crippen molar-refractivity contribution in [2.45, 2.75) is 32.7 Å². The predicted octanol–water partition coefficient (Wildman–Crippen LogP) is 1.87. The van der Waals surface area contributed by atoms with Crippen LogP contribution < -0.4 is 10.4 Å². The fourth-order valence-electron chi connectivity index (χ4n) is 5.83. The molecule has 4 atom stereocenters. The van der Waals surface area contributed by atoms with Crippen LogP contribution in [0.5, 0.6) is 0 Å². The van der Waals surface area contributed by atoms with Crippen molar-refractivity contribution in [1.29, 1.82) is 0 Å². The number of nitrogens with one attached hydrogen (secondary N) is 1. The molecule has 1 saturated carbocycles. The van der Waals surface area contributed by atoms with Crippen molar-refractivity contribution in [3.8, 4) is 0 Å². The predicted molar refractivity (Wildman–Crippen MR) is 117 cm³/mol. The molecule has 4 rings (SSSR count). The molecule has 3 amide bonds. The van der Waals surface area contributed by atoms with Crippen LogP contribution in [0, 0.1) is 23.2 Å². The average Bonchev–Trinajstić information content (AvgIpc) is 3.51. The number of rotatable bonds is 4. The van der Waals surface area contributed by atoms with Crippen LogP contribution in [0.15, 0.2) is 30.3 Å². The van der Waals surface area contributed by atoms with E-state index >= 15 is 0 Å². The van der Waals surface area contributed by atoms with Crippen molar-refractivity contribution in [1.82, 2.24) is 15.3 Å². The van der Waals surface area contributed by atoms with E-state index in [0.717, 1.165) is 17.0 Å². The van der Waals surface area contributed by atoms with Gasteiger partial charge in [0, 0.05) is 38.4 Å². The number of amides is 3. The third kappa shape index (κ3) is 4.01. The smallest absolute Gasteiger partial charge is 0.408 e. The summed E-state index contributed by atoms with van der Waals surface area (Å²) in [6, 6.07) is 8.81. The molecule has 3 aliphatic rings. The lowest BCUT2D eigenvalue weighted by molar-refractivity contribution is -0.150. The number of benzene rings is 1. The number of hydrogen-bond acceptors (Lipinski definition) is 5. The fraction of sp³-hybridized carbons (Fsp3) is 0.609. The van der Waals surface area contributed by atoms with Crippen LogP contribution in [0.1, 0.15) is 26.7 Å². The summed E-state index contributed by atoms with van der Waals surface area (Å²) in [5, 5.41) is 19.3. The summed E-state index contributed by atoms with van der Waals surface area (Å²) in [5.41, 5.74) is 2.46. The Morgan fingerprint density at radius 2 is 1.72 bits per heavy atom. The summed E-state index contributed by atoms with van der Waals surface area (Å²) >= 11 is 0. The van der Waals surface area contributed by atoms with E-state index in [1.165, 1.54) is 0 Å². The second-order valence-corrected chi connectivity index (χ2v) is 9.71. The molecule has 2 saturated heterocycles. The Morgan fingerprint density at radius 3 is 2.25 bits per heavy atom. The summed E-state index contributed by atoms with van der Waals surface area (Å²) in [7, 11) is 0. The maximum atomic E-state index is 13.5. The second kappa shape index (κ2) is 8.61. The number of carboxylic acid groups (broad SMARTS) is 1. The lowest BCUT2D eigenvalue weighted by atomic mass is 9.77. The Morgan fingerprint density at radius 1 is 1.06 bits per heavy atom. The van der Waals surface area contributed by atoms with Gasteiger partial charge in [0.2, 0.25) is 11.8 Å². The van der Waals surface area contributed by atoms with Gasteiger partial charge >= 0.3 is 6.09 Å². The van der Waals surface area contributed by atoms with E-state index in [-0.39, 0.29) is 17.9 Å². The molecule has 3 N–H and O–H groups in total. The lowest BCUT2D eigenvalue weighted by Crippen LogP contribution is -2.63. The molecule has 9 nitrogen and oxygen atoms in total. The molecule has 0 bridgehead atoms. The van der Waals surface area contributed by atoms with E-state index in [4.69, 9.17) is 0 Å². The van der Waals surface area contributed by atoms with Crippen molar-refractivity contribution in [2.75, 3.05) is 37.6 Å². The number of piperidine rings is 1. The van der Waals surface area contributed by atoms with E-state index in [0.29, 0.717) is 44.4 Å². The number of carbonyl (C=O) groups is 3. The average molecular weight is 445 g/mol. The number of likely N-dealkylation sites (tertiary alicyclic amines) is 1. The zero-order chi connectivity index (χ0) is 23.0. The summed E-state index contributed by atoms with van der Waals surface area (Å²) in [6.45, 7) is 6.60. The molecule has 32 heavy (non-hydrogen) atoms. The highest BCUT2D eigenvalue weighted by Gasteiger charge is 2.63.